The van der Waals surface area contributed by atoms with Crippen molar-refractivity contribution in [3.63, 3.8) is 0 Å². The van der Waals surface area contributed by atoms with Crippen molar-refractivity contribution in [2.75, 3.05) is 6.26 Å². The highest BCUT2D eigenvalue weighted by atomic mass is 32.2. The summed E-state index contributed by atoms with van der Waals surface area (Å²) in [6, 6.07) is 8.97. The molecule has 0 fully saturated rings. The number of aromatic nitrogens is 3. The van der Waals surface area contributed by atoms with E-state index >= 15 is 0 Å². The summed E-state index contributed by atoms with van der Waals surface area (Å²) in [5.41, 5.74) is 2.38. The van der Waals surface area contributed by atoms with Crippen molar-refractivity contribution in [2.45, 2.75) is 24.4 Å². The lowest BCUT2D eigenvalue weighted by Crippen LogP contribution is -2.19. The number of nitrogens with zero attached hydrogens (tertiary/aromatic N) is 3. The predicted molar refractivity (Wildman–Crippen MR) is 74.5 cm³/mol. The lowest BCUT2D eigenvalue weighted by molar-refractivity contribution is 0.546. The first kappa shape index (κ1) is 13.1. The molecule has 2 rings (SSSR count). The summed E-state index contributed by atoms with van der Waals surface area (Å²) >= 11 is 1.76. The Morgan fingerprint density at radius 1 is 1.33 bits per heavy atom. The summed E-state index contributed by atoms with van der Waals surface area (Å²) in [7, 11) is 1.90. The summed E-state index contributed by atoms with van der Waals surface area (Å²) in [5.74, 6) is 0. The third kappa shape index (κ3) is 3.11. The van der Waals surface area contributed by atoms with Crippen LogP contribution in [0.1, 0.15) is 24.2 Å². The number of nitrogens with one attached hydrogen (secondary N) is 1. The highest BCUT2D eigenvalue weighted by molar-refractivity contribution is 7.98. The normalized spacial score (nSPS) is 12.6. The quantitative estimate of drug-likeness (QED) is 0.840. The van der Waals surface area contributed by atoms with Gasteiger partial charge in [-0.15, -0.1) is 16.9 Å². The average Bonchev–Trinajstić information content (AvgIpc) is 2.81. The third-order valence-corrected chi connectivity index (χ3v) is 3.76. The fourth-order valence-electron chi connectivity index (χ4n) is 1.74. The Balaban J connectivity index is 1.94. The third-order valence-electron chi connectivity index (χ3n) is 3.01. The number of aryl methyl sites for hydroxylation is 1. The van der Waals surface area contributed by atoms with Crippen molar-refractivity contribution in [3.8, 4) is 0 Å². The van der Waals surface area contributed by atoms with E-state index in [1.807, 2.05) is 7.05 Å². The molecular formula is C13H18N4S. The van der Waals surface area contributed by atoms with Gasteiger partial charge in [-0.25, -0.2) is 0 Å². The second-order valence-electron chi connectivity index (χ2n) is 4.22. The second-order valence-corrected chi connectivity index (χ2v) is 5.10. The molecule has 0 aliphatic rings. The predicted octanol–water partition coefficient (Wildman–Crippen LogP) is 2.39. The van der Waals surface area contributed by atoms with Crippen LogP contribution in [0.5, 0.6) is 0 Å². The molecule has 5 heteroatoms. The van der Waals surface area contributed by atoms with E-state index in [-0.39, 0.29) is 0 Å². The van der Waals surface area contributed by atoms with Crippen LogP contribution in [0.3, 0.4) is 0 Å². The zero-order valence-electron chi connectivity index (χ0n) is 10.9. The molecule has 1 atom stereocenters. The van der Waals surface area contributed by atoms with Gasteiger partial charge in [0.15, 0.2) is 0 Å². The Bertz CT molecular complexity index is 492. The number of benzene rings is 1. The molecule has 0 saturated heterocycles. The highest BCUT2D eigenvalue weighted by Crippen LogP contribution is 2.19. The molecule has 2 aromatic rings. The fraction of sp³-hybridized carbons (Fsp3) is 0.385. The summed E-state index contributed by atoms with van der Waals surface area (Å²) in [6.45, 7) is 2.94. The lowest BCUT2D eigenvalue weighted by atomic mass is 10.1. The minimum atomic E-state index is 0.316. The summed E-state index contributed by atoms with van der Waals surface area (Å²) in [4.78, 5) is 1.29. The van der Waals surface area contributed by atoms with Gasteiger partial charge < -0.3 is 5.32 Å². The summed E-state index contributed by atoms with van der Waals surface area (Å²) < 4.78 is 1.79. The van der Waals surface area contributed by atoms with Gasteiger partial charge in [-0.2, -0.15) is 0 Å². The molecule has 0 aliphatic heterocycles. The van der Waals surface area contributed by atoms with Crippen LogP contribution in [0.2, 0.25) is 0 Å². The molecule has 0 radical (unpaired) electrons. The van der Waals surface area contributed by atoms with Gasteiger partial charge in [0.25, 0.3) is 0 Å². The molecule has 0 amide bonds. The first-order chi connectivity index (χ1) is 8.70. The van der Waals surface area contributed by atoms with E-state index < -0.39 is 0 Å². The van der Waals surface area contributed by atoms with Crippen LogP contribution in [-0.4, -0.2) is 21.2 Å². The van der Waals surface area contributed by atoms with Crippen molar-refractivity contribution in [1.29, 1.82) is 0 Å². The molecule has 0 spiro atoms. The van der Waals surface area contributed by atoms with E-state index in [0.717, 1.165) is 12.2 Å². The van der Waals surface area contributed by atoms with Crippen LogP contribution in [0, 0.1) is 0 Å². The van der Waals surface area contributed by atoms with Crippen LogP contribution >= 0.6 is 11.8 Å². The van der Waals surface area contributed by atoms with Gasteiger partial charge in [0, 0.05) is 24.5 Å². The van der Waals surface area contributed by atoms with Gasteiger partial charge in [0.2, 0.25) is 0 Å². The summed E-state index contributed by atoms with van der Waals surface area (Å²) in [5, 5.41) is 11.3. The molecule has 1 unspecified atom stereocenters. The second kappa shape index (κ2) is 6.02. The van der Waals surface area contributed by atoms with Crippen LogP contribution < -0.4 is 5.32 Å². The van der Waals surface area contributed by atoms with Crippen molar-refractivity contribution in [2.24, 2.45) is 7.05 Å². The largest absolute Gasteiger partial charge is 0.305 e. The Morgan fingerprint density at radius 3 is 2.61 bits per heavy atom. The van der Waals surface area contributed by atoms with Gasteiger partial charge in [-0.3, -0.25) is 4.68 Å². The molecule has 0 bridgehead atoms. The Kier molecular flexibility index (Phi) is 4.38. The van der Waals surface area contributed by atoms with Gasteiger partial charge in [0.05, 0.1) is 11.9 Å². The molecule has 18 heavy (non-hydrogen) atoms. The number of hydrogen-bond donors (Lipinski definition) is 1. The van der Waals surface area contributed by atoms with Gasteiger partial charge >= 0.3 is 0 Å². The van der Waals surface area contributed by atoms with E-state index in [4.69, 9.17) is 0 Å². The Hall–Kier alpha value is -1.33. The minimum Gasteiger partial charge on any atom is -0.305 e. The van der Waals surface area contributed by atoms with E-state index in [1.54, 1.807) is 22.6 Å². The van der Waals surface area contributed by atoms with E-state index in [1.165, 1.54) is 10.5 Å². The highest BCUT2D eigenvalue weighted by Gasteiger charge is 2.06. The maximum absolute atomic E-state index is 3.91. The minimum absolute atomic E-state index is 0.316. The van der Waals surface area contributed by atoms with Gasteiger partial charge in [0.1, 0.15) is 0 Å². The van der Waals surface area contributed by atoms with Crippen LogP contribution in [0.15, 0.2) is 35.4 Å². The van der Waals surface area contributed by atoms with Crippen molar-refractivity contribution < 1.29 is 0 Å². The lowest BCUT2D eigenvalue weighted by Gasteiger charge is -2.14. The number of thioether (sulfide) groups is 1. The van der Waals surface area contributed by atoms with Gasteiger partial charge in [-0.1, -0.05) is 17.3 Å². The van der Waals surface area contributed by atoms with E-state index in [2.05, 4.69) is 53.1 Å². The van der Waals surface area contributed by atoms with E-state index in [0.29, 0.717) is 6.04 Å². The molecule has 4 nitrogen and oxygen atoms in total. The Labute approximate surface area is 112 Å². The molecule has 0 aliphatic carbocycles. The average molecular weight is 262 g/mol. The van der Waals surface area contributed by atoms with E-state index in [9.17, 15) is 0 Å². The maximum Gasteiger partial charge on any atom is 0.0738 e. The monoisotopic (exact) mass is 262 g/mol. The molecular weight excluding hydrogens is 244 g/mol. The molecule has 1 heterocycles. The van der Waals surface area contributed by atoms with Gasteiger partial charge in [-0.05, 0) is 30.9 Å². The fourth-order valence-corrected chi connectivity index (χ4v) is 2.15. The molecule has 1 aromatic heterocycles. The maximum atomic E-state index is 3.91. The topological polar surface area (TPSA) is 42.7 Å². The van der Waals surface area contributed by atoms with Crippen LogP contribution in [-0.2, 0) is 13.6 Å². The van der Waals surface area contributed by atoms with Crippen molar-refractivity contribution in [1.82, 2.24) is 20.3 Å². The van der Waals surface area contributed by atoms with Crippen molar-refractivity contribution >= 4 is 11.8 Å². The molecule has 96 valence electrons. The number of hydrogen-bond acceptors (Lipinski definition) is 4. The molecule has 1 aromatic carbocycles. The smallest absolute Gasteiger partial charge is 0.0738 e. The standard InChI is InChI=1S/C13H18N4S/c1-10(11-4-6-13(18-3)7-5-11)14-8-12-9-15-16-17(12)2/h4-7,9-10,14H,8H2,1-3H3. The molecule has 1 N–H and O–H groups in total. The number of rotatable bonds is 5. The first-order valence-corrected chi connectivity index (χ1v) is 7.14. The SMILES string of the molecule is CSc1ccc(C(C)NCc2cnnn2C)cc1. The van der Waals surface area contributed by atoms with Crippen LogP contribution in [0.25, 0.3) is 0 Å². The summed E-state index contributed by atoms with van der Waals surface area (Å²) in [6.07, 6.45) is 3.88. The molecule has 0 saturated carbocycles. The van der Waals surface area contributed by atoms with Crippen molar-refractivity contribution in [3.05, 3.63) is 41.7 Å². The zero-order valence-corrected chi connectivity index (χ0v) is 11.7. The zero-order chi connectivity index (χ0) is 13.0. The first-order valence-electron chi connectivity index (χ1n) is 5.91. The van der Waals surface area contributed by atoms with Crippen LogP contribution in [0.4, 0.5) is 0 Å². The Morgan fingerprint density at radius 2 is 2.06 bits per heavy atom.